The fraction of sp³-hybridized carbons (Fsp3) is 0.818. The first kappa shape index (κ1) is 14.9. The SMILES string of the molecule is CC(C(=O)OC(C)(C)C)[C@H](C)[C@H](N)C(=O)O. The van der Waals surface area contributed by atoms with E-state index >= 15 is 0 Å². The third kappa shape index (κ3) is 4.61. The van der Waals surface area contributed by atoms with Crippen molar-refractivity contribution in [3.05, 3.63) is 0 Å². The lowest BCUT2D eigenvalue weighted by Gasteiger charge is -2.26. The summed E-state index contributed by atoms with van der Waals surface area (Å²) in [5.41, 5.74) is 4.88. The van der Waals surface area contributed by atoms with Crippen molar-refractivity contribution in [2.45, 2.75) is 46.3 Å². The van der Waals surface area contributed by atoms with Gasteiger partial charge in [-0.2, -0.15) is 0 Å². The number of hydrogen-bond donors (Lipinski definition) is 2. The molecule has 0 amide bonds. The summed E-state index contributed by atoms with van der Waals surface area (Å²) in [6.45, 7) is 8.55. The normalized spacial score (nSPS) is 17.4. The van der Waals surface area contributed by atoms with E-state index in [2.05, 4.69) is 0 Å². The molecule has 0 aliphatic rings. The molecule has 0 aliphatic heterocycles. The topological polar surface area (TPSA) is 89.6 Å². The lowest BCUT2D eigenvalue weighted by molar-refractivity contribution is -0.161. The van der Waals surface area contributed by atoms with Gasteiger partial charge in [-0.05, 0) is 26.7 Å². The summed E-state index contributed by atoms with van der Waals surface area (Å²) >= 11 is 0. The van der Waals surface area contributed by atoms with Crippen LogP contribution in [0.4, 0.5) is 0 Å². The molecule has 5 nitrogen and oxygen atoms in total. The Morgan fingerprint density at radius 3 is 2.00 bits per heavy atom. The molecule has 5 heteroatoms. The molecule has 0 spiro atoms. The summed E-state index contributed by atoms with van der Waals surface area (Å²) in [4.78, 5) is 22.3. The van der Waals surface area contributed by atoms with Gasteiger partial charge in [0.15, 0.2) is 0 Å². The van der Waals surface area contributed by atoms with Gasteiger partial charge < -0.3 is 15.6 Å². The highest BCUT2D eigenvalue weighted by atomic mass is 16.6. The Hall–Kier alpha value is -1.10. The predicted octanol–water partition coefficient (Wildman–Crippen LogP) is 1.01. The van der Waals surface area contributed by atoms with Crippen LogP contribution in [0.3, 0.4) is 0 Å². The molecule has 16 heavy (non-hydrogen) atoms. The van der Waals surface area contributed by atoms with Crippen LogP contribution in [0.5, 0.6) is 0 Å². The van der Waals surface area contributed by atoms with Gasteiger partial charge in [-0.15, -0.1) is 0 Å². The van der Waals surface area contributed by atoms with Crippen LogP contribution in [0.2, 0.25) is 0 Å². The van der Waals surface area contributed by atoms with Crippen LogP contribution in [-0.2, 0) is 14.3 Å². The van der Waals surface area contributed by atoms with Crippen molar-refractivity contribution in [1.82, 2.24) is 0 Å². The first-order chi connectivity index (χ1) is 7.06. The van der Waals surface area contributed by atoms with E-state index in [1.807, 2.05) is 0 Å². The minimum absolute atomic E-state index is 0.420. The molecule has 0 aromatic carbocycles. The number of carbonyl (C=O) groups is 2. The number of nitrogens with two attached hydrogens (primary N) is 1. The molecule has 0 aromatic rings. The minimum atomic E-state index is -1.11. The van der Waals surface area contributed by atoms with Crippen LogP contribution in [0.25, 0.3) is 0 Å². The number of aliphatic carboxylic acids is 1. The number of rotatable bonds is 4. The minimum Gasteiger partial charge on any atom is -0.480 e. The number of ether oxygens (including phenoxy) is 1. The number of carboxylic acids is 1. The second kappa shape index (κ2) is 5.30. The van der Waals surface area contributed by atoms with Gasteiger partial charge in [-0.3, -0.25) is 9.59 Å². The van der Waals surface area contributed by atoms with Gasteiger partial charge in [0.2, 0.25) is 0 Å². The van der Waals surface area contributed by atoms with Gasteiger partial charge in [0.25, 0.3) is 0 Å². The van der Waals surface area contributed by atoms with Crippen LogP contribution >= 0.6 is 0 Å². The molecule has 3 atom stereocenters. The zero-order valence-electron chi connectivity index (χ0n) is 10.5. The van der Waals surface area contributed by atoms with Gasteiger partial charge in [-0.1, -0.05) is 13.8 Å². The second-order valence-corrected chi connectivity index (χ2v) is 5.05. The lowest BCUT2D eigenvalue weighted by Crippen LogP contribution is -2.42. The Bertz CT molecular complexity index is 270. The third-order valence-corrected chi connectivity index (χ3v) is 2.42. The maximum Gasteiger partial charge on any atom is 0.320 e. The highest BCUT2D eigenvalue weighted by Gasteiger charge is 2.32. The van der Waals surface area contributed by atoms with E-state index < -0.39 is 35.4 Å². The predicted molar refractivity (Wildman–Crippen MR) is 59.8 cm³/mol. The fourth-order valence-electron chi connectivity index (χ4n) is 1.15. The standard InChI is InChI=1S/C11H21NO4/c1-6(8(12)9(13)14)7(2)10(15)16-11(3,4)5/h6-8H,12H2,1-5H3,(H,13,14)/t6-,7?,8-/m0/s1. The largest absolute Gasteiger partial charge is 0.480 e. The van der Waals surface area contributed by atoms with Crippen LogP contribution < -0.4 is 5.73 Å². The van der Waals surface area contributed by atoms with E-state index in [-0.39, 0.29) is 0 Å². The Balaban J connectivity index is 4.50. The average molecular weight is 231 g/mol. The summed E-state index contributed by atoms with van der Waals surface area (Å²) in [5, 5.41) is 8.74. The number of esters is 1. The second-order valence-electron chi connectivity index (χ2n) is 5.05. The molecule has 94 valence electrons. The van der Waals surface area contributed by atoms with E-state index in [4.69, 9.17) is 15.6 Å². The molecule has 0 fully saturated rings. The number of carboxylic acid groups (broad SMARTS) is 1. The Kier molecular flexibility index (Phi) is 4.93. The monoisotopic (exact) mass is 231 g/mol. The Morgan fingerprint density at radius 1 is 1.25 bits per heavy atom. The lowest BCUT2D eigenvalue weighted by atomic mass is 9.89. The highest BCUT2D eigenvalue weighted by molar-refractivity contribution is 5.77. The van der Waals surface area contributed by atoms with Crippen molar-refractivity contribution in [2.24, 2.45) is 17.6 Å². The summed E-state index contributed by atoms with van der Waals surface area (Å²) in [6, 6.07) is -1.05. The van der Waals surface area contributed by atoms with Gasteiger partial charge in [0, 0.05) is 0 Å². The molecule has 1 unspecified atom stereocenters. The summed E-state index contributed by atoms with van der Waals surface area (Å²) in [6.07, 6.45) is 0. The summed E-state index contributed by atoms with van der Waals surface area (Å²) in [7, 11) is 0. The van der Waals surface area contributed by atoms with E-state index in [0.717, 1.165) is 0 Å². The van der Waals surface area contributed by atoms with Crippen molar-refractivity contribution in [3.8, 4) is 0 Å². The highest BCUT2D eigenvalue weighted by Crippen LogP contribution is 2.19. The summed E-state index contributed by atoms with van der Waals surface area (Å²) in [5.74, 6) is -2.53. The zero-order valence-corrected chi connectivity index (χ0v) is 10.5. The molecule has 0 aliphatic carbocycles. The van der Waals surface area contributed by atoms with E-state index in [1.165, 1.54) is 0 Å². The first-order valence-electron chi connectivity index (χ1n) is 5.27. The van der Waals surface area contributed by atoms with Gasteiger partial charge in [0.1, 0.15) is 11.6 Å². The van der Waals surface area contributed by atoms with Gasteiger partial charge in [0.05, 0.1) is 5.92 Å². The number of hydrogen-bond acceptors (Lipinski definition) is 4. The maximum absolute atomic E-state index is 11.7. The molecule has 0 heterocycles. The molecule has 0 aromatic heterocycles. The molecule has 0 bridgehead atoms. The van der Waals surface area contributed by atoms with E-state index in [0.29, 0.717) is 0 Å². The van der Waals surface area contributed by atoms with Crippen molar-refractivity contribution >= 4 is 11.9 Å². The summed E-state index contributed by atoms with van der Waals surface area (Å²) < 4.78 is 5.16. The van der Waals surface area contributed by atoms with Crippen molar-refractivity contribution in [3.63, 3.8) is 0 Å². The molecule has 0 rings (SSSR count). The van der Waals surface area contributed by atoms with Crippen LogP contribution in [0.15, 0.2) is 0 Å². The van der Waals surface area contributed by atoms with Crippen molar-refractivity contribution < 1.29 is 19.4 Å². The average Bonchev–Trinajstić information content (AvgIpc) is 2.11. The van der Waals surface area contributed by atoms with E-state index in [1.54, 1.807) is 34.6 Å². The van der Waals surface area contributed by atoms with Crippen molar-refractivity contribution in [1.29, 1.82) is 0 Å². The van der Waals surface area contributed by atoms with Crippen LogP contribution in [0.1, 0.15) is 34.6 Å². The fourth-order valence-corrected chi connectivity index (χ4v) is 1.15. The molecule has 0 saturated carbocycles. The Morgan fingerprint density at radius 2 is 1.69 bits per heavy atom. The van der Waals surface area contributed by atoms with Crippen LogP contribution in [-0.4, -0.2) is 28.7 Å². The zero-order chi connectivity index (χ0) is 13.1. The Labute approximate surface area is 96.0 Å². The molecule has 0 saturated heterocycles. The molecule has 0 radical (unpaired) electrons. The number of carbonyl (C=O) groups excluding carboxylic acids is 1. The van der Waals surface area contributed by atoms with E-state index in [9.17, 15) is 9.59 Å². The molecule has 3 N–H and O–H groups in total. The third-order valence-electron chi connectivity index (χ3n) is 2.42. The van der Waals surface area contributed by atoms with Crippen LogP contribution in [0, 0.1) is 11.8 Å². The first-order valence-corrected chi connectivity index (χ1v) is 5.27. The quantitative estimate of drug-likeness (QED) is 0.705. The molecular weight excluding hydrogens is 210 g/mol. The van der Waals surface area contributed by atoms with Gasteiger partial charge >= 0.3 is 11.9 Å². The maximum atomic E-state index is 11.7. The van der Waals surface area contributed by atoms with Crippen molar-refractivity contribution in [2.75, 3.05) is 0 Å². The van der Waals surface area contributed by atoms with Gasteiger partial charge in [-0.25, -0.2) is 0 Å². The molecular formula is C11H21NO4. The smallest absolute Gasteiger partial charge is 0.320 e.